The Balaban J connectivity index is -0.00000000300. The molecule has 0 amide bonds. The fourth-order valence-corrected chi connectivity index (χ4v) is 0. The minimum Gasteiger partial charge on any atom is -2.00 e. The largest absolute Gasteiger partial charge is 2.00 e. The Morgan fingerprint density at radius 1 is 1.00 bits per heavy atom. The van der Waals surface area contributed by atoms with Gasteiger partial charge in [-0.05, 0) is 0 Å². The second-order valence-electron chi connectivity index (χ2n) is 0.238. The molecule has 69 valence electrons. The zero-order valence-corrected chi connectivity index (χ0v) is 5.60. The van der Waals surface area contributed by atoms with E-state index in [0.29, 0.717) is 0 Å². The maximum absolute atomic E-state index is 8.36. The number of hydrogen-bond acceptors (Lipinski definition) is 2. The van der Waals surface area contributed by atoms with Crippen molar-refractivity contribution in [2.75, 3.05) is 0 Å². The molecule has 0 atom stereocenters. The van der Waals surface area contributed by atoms with Crippen molar-refractivity contribution in [1.29, 1.82) is 0 Å². The minimum absolute atomic E-state index is 0. The van der Waals surface area contributed by atoms with E-state index in [-0.39, 0.29) is 45.9 Å². The van der Waals surface area contributed by atoms with Gasteiger partial charge >= 0.3 is 0 Å². The third-order valence-electron chi connectivity index (χ3n) is 0. The Labute approximate surface area is 67.2 Å². The predicted molar refractivity (Wildman–Crippen MR) is 12.2 cm³/mol. The van der Waals surface area contributed by atoms with Crippen LogP contribution in [-0.2, 0) is 45.9 Å². The first-order chi connectivity index (χ1) is 1.73. The van der Waals surface area contributed by atoms with E-state index in [1.54, 1.807) is 0 Å². The van der Waals surface area contributed by atoms with E-state index < -0.39 is 5.09 Å². The molecule has 0 fully saturated rings. The summed E-state index contributed by atoms with van der Waals surface area (Å²) in [5, 5.41) is 13.6. The first-order valence-electron chi connectivity index (χ1n) is 0.565. The van der Waals surface area contributed by atoms with Crippen molar-refractivity contribution >= 4 is 0 Å². The fraction of sp³-hybridized carbons (Fsp3) is 0. The molecule has 0 aliphatic carbocycles. The summed E-state index contributed by atoms with van der Waals surface area (Å²) in [7, 11) is 0. The van der Waals surface area contributed by atoms with Crippen molar-refractivity contribution in [3.8, 4) is 0 Å². The van der Waals surface area contributed by atoms with E-state index in [2.05, 4.69) is 0 Å². The van der Waals surface area contributed by atoms with Crippen LogP contribution in [-0.4, -0.2) is 10.3 Å². The average Bonchev–Trinajstić information content (AvgIpc) is 0.811. The van der Waals surface area contributed by atoms with Gasteiger partial charge in [-0.15, -0.1) is 10.1 Å². The number of rotatable bonds is 0. The molecule has 1 radical (unpaired) electrons. The first-order valence-corrected chi connectivity index (χ1v) is 0.565. The topological polar surface area (TPSA) is 206 Å². The quantitative estimate of drug-likeness (QED) is 0.382. The van der Waals surface area contributed by atoms with Crippen LogP contribution < -0.4 is 0 Å². The van der Waals surface area contributed by atoms with Gasteiger partial charge in [-0.2, -0.15) is 0 Å². The monoisotopic (exact) mass is 194 g/mol. The Morgan fingerprint density at radius 3 is 1.00 bits per heavy atom. The molecule has 1 N–H and O–H groups in total. The molecule has 0 heterocycles. The van der Waals surface area contributed by atoms with E-state index in [0.717, 1.165) is 0 Å². The molecule has 0 aromatic heterocycles. The predicted octanol–water partition coefficient (Wildman–Crippen LogP) is -0.944. The second-order valence-corrected chi connectivity index (χ2v) is 0.238. The molecule has 0 bridgehead atoms. The average molecular weight is 194 g/mol. The summed E-state index contributed by atoms with van der Waals surface area (Å²) >= 11 is 0. The third-order valence-corrected chi connectivity index (χ3v) is 0. The van der Waals surface area contributed by atoms with Crippen LogP contribution in [0.3, 0.4) is 0 Å². The van der Waals surface area contributed by atoms with Crippen LogP contribution in [0.5, 0.6) is 0 Å². The fourth-order valence-electron chi connectivity index (χ4n) is 0. The molecule has 0 aliphatic rings. The van der Waals surface area contributed by atoms with Crippen molar-refractivity contribution in [3.05, 3.63) is 10.1 Å². The molecule has 10 heteroatoms. The van der Waals surface area contributed by atoms with Gasteiger partial charge in [0.2, 0.25) is 0 Å². The summed E-state index contributed by atoms with van der Waals surface area (Å²) in [5.74, 6) is 0. The minimum atomic E-state index is -1.50. The molecular weight excluding hydrogens is 193 g/mol. The maximum atomic E-state index is 8.36. The van der Waals surface area contributed by atoms with Crippen molar-refractivity contribution in [1.82, 2.24) is 0 Å². The molecule has 0 spiro atoms. The van der Waals surface area contributed by atoms with Crippen molar-refractivity contribution in [2.24, 2.45) is 0 Å². The SMILES string of the molecule is O=[N+]([O-])O.[O-2].[O-2].[O-2].[O-2].[O-2].[V]. The van der Waals surface area contributed by atoms with Crippen molar-refractivity contribution in [2.45, 2.75) is 0 Å². The van der Waals surface area contributed by atoms with E-state index in [1.807, 2.05) is 0 Å². The van der Waals surface area contributed by atoms with E-state index >= 15 is 0 Å². The van der Waals surface area contributed by atoms with Gasteiger partial charge in [-0.3, -0.25) is 0 Å². The van der Waals surface area contributed by atoms with Gasteiger partial charge < -0.3 is 32.6 Å². The standard InChI is InChI=1S/HNO3.5O.V/c2-1(3)4;;;;;;/h(H,2,3,4);;;;;;/q;5*-2;. The molecule has 0 saturated heterocycles. The van der Waals surface area contributed by atoms with Gasteiger partial charge in [-0.25, -0.2) is 0 Å². The normalized spacial score (nSPS) is 2.40. The van der Waals surface area contributed by atoms with Gasteiger partial charge in [0.05, 0.1) is 0 Å². The molecule has 0 aliphatic heterocycles. The van der Waals surface area contributed by atoms with Gasteiger partial charge in [0.25, 0.3) is 5.09 Å². The summed E-state index contributed by atoms with van der Waals surface area (Å²) in [6.45, 7) is 0. The van der Waals surface area contributed by atoms with Crippen LogP contribution in [0.2, 0.25) is 0 Å². The van der Waals surface area contributed by atoms with E-state index in [9.17, 15) is 0 Å². The van der Waals surface area contributed by atoms with Crippen molar-refractivity contribution in [3.63, 3.8) is 0 Å². The van der Waals surface area contributed by atoms with Crippen LogP contribution in [0.15, 0.2) is 0 Å². The summed E-state index contributed by atoms with van der Waals surface area (Å²) < 4.78 is 0. The molecule has 0 aromatic carbocycles. The van der Waals surface area contributed by atoms with Crippen LogP contribution in [0.1, 0.15) is 0 Å². The Hall–Kier alpha value is -0.416. The number of hydrogen-bond donors (Lipinski definition) is 1. The number of nitrogens with zero attached hydrogens (tertiary/aromatic N) is 1. The zero-order chi connectivity index (χ0) is 3.58. The van der Waals surface area contributed by atoms with Crippen LogP contribution in [0.25, 0.3) is 0 Å². The first kappa shape index (κ1) is 106. The third kappa shape index (κ3) is 1900. The molecule has 0 unspecified atom stereocenters. The van der Waals surface area contributed by atoms with Gasteiger partial charge in [0, 0.05) is 18.6 Å². The van der Waals surface area contributed by atoms with E-state index in [4.69, 9.17) is 15.3 Å². The Bertz CT molecular complexity index is 32.2. The molecule has 0 rings (SSSR count). The molecule has 10 heavy (non-hydrogen) atoms. The van der Waals surface area contributed by atoms with E-state index in [1.165, 1.54) is 0 Å². The van der Waals surface area contributed by atoms with Gasteiger partial charge in [0.1, 0.15) is 0 Å². The second kappa shape index (κ2) is 73.9. The summed E-state index contributed by atoms with van der Waals surface area (Å²) in [6, 6.07) is 0. The Kier molecular flexibility index (Phi) is 782. The molecule has 9 nitrogen and oxygen atoms in total. The summed E-state index contributed by atoms with van der Waals surface area (Å²) in [6.07, 6.45) is 0. The summed E-state index contributed by atoms with van der Waals surface area (Å²) in [4.78, 5) is 8.36. The molecular formula is HNO8V-10. The van der Waals surface area contributed by atoms with Crippen molar-refractivity contribution < 1.29 is 56.2 Å². The Morgan fingerprint density at radius 2 is 1.00 bits per heavy atom. The van der Waals surface area contributed by atoms with Gasteiger partial charge in [-0.1, -0.05) is 0 Å². The molecule has 0 saturated carbocycles. The van der Waals surface area contributed by atoms with Crippen LogP contribution in [0, 0.1) is 10.1 Å². The van der Waals surface area contributed by atoms with Crippen LogP contribution in [0.4, 0.5) is 0 Å². The smallest absolute Gasteiger partial charge is 0.291 e. The van der Waals surface area contributed by atoms with Gasteiger partial charge in [0.15, 0.2) is 0 Å². The summed E-state index contributed by atoms with van der Waals surface area (Å²) in [5.41, 5.74) is 0. The maximum Gasteiger partial charge on any atom is 0.291 e. The zero-order valence-electron chi connectivity index (χ0n) is 4.20. The molecule has 0 aromatic rings. The van der Waals surface area contributed by atoms with Crippen LogP contribution >= 0.6 is 0 Å².